The molecule has 0 atom stereocenters. The van der Waals surface area contributed by atoms with Crippen LogP contribution >= 0.6 is 0 Å². The Hall–Kier alpha value is -7.82. The fourth-order valence-electron chi connectivity index (χ4n) is 8.46. The Morgan fingerprint density at radius 3 is 1.50 bits per heavy atom. The molecule has 4 heteroatoms. The lowest BCUT2D eigenvalue weighted by atomic mass is 9.99. The summed E-state index contributed by atoms with van der Waals surface area (Å²) in [6.45, 7) is 0. The molecule has 274 valence electrons. The SMILES string of the molecule is c1ccc(-c2ccc(N(c3ccccc3)c3ccc(-c4ccc5c(c4)N(c4ccccc4)c4ccccc4N5c4cccc5c4oc4ccccc45)cc3)cc2)cc1. The van der Waals surface area contributed by atoms with Gasteiger partial charge in [0.15, 0.2) is 5.58 Å². The topological polar surface area (TPSA) is 22.9 Å². The average molecular weight is 744 g/mol. The van der Waals surface area contributed by atoms with Gasteiger partial charge < -0.3 is 19.1 Å². The van der Waals surface area contributed by atoms with Gasteiger partial charge in [-0.05, 0) is 107 Å². The summed E-state index contributed by atoms with van der Waals surface area (Å²) in [7, 11) is 0. The van der Waals surface area contributed by atoms with E-state index in [0.29, 0.717) is 0 Å². The van der Waals surface area contributed by atoms with Crippen LogP contribution in [0.25, 0.3) is 44.2 Å². The van der Waals surface area contributed by atoms with Crippen LogP contribution in [0.2, 0.25) is 0 Å². The van der Waals surface area contributed by atoms with Gasteiger partial charge in [-0.3, -0.25) is 0 Å². The first kappa shape index (κ1) is 33.5. The van der Waals surface area contributed by atoms with Gasteiger partial charge in [-0.2, -0.15) is 0 Å². The maximum atomic E-state index is 6.63. The van der Waals surface area contributed by atoms with Crippen molar-refractivity contribution in [2.45, 2.75) is 0 Å². The van der Waals surface area contributed by atoms with E-state index in [9.17, 15) is 0 Å². The molecule has 2 heterocycles. The Kier molecular flexibility index (Phi) is 8.11. The van der Waals surface area contributed by atoms with E-state index in [1.807, 2.05) is 12.1 Å². The third kappa shape index (κ3) is 5.70. The average Bonchev–Trinajstić information content (AvgIpc) is 3.69. The normalized spacial score (nSPS) is 12.1. The number of furan rings is 1. The molecule has 1 aromatic heterocycles. The highest BCUT2D eigenvalue weighted by atomic mass is 16.3. The molecule has 1 aliphatic rings. The highest BCUT2D eigenvalue weighted by Crippen LogP contribution is 2.56. The van der Waals surface area contributed by atoms with E-state index in [2.05, 4.69) is 227 Å². The lowest BCUT2D eigenvalue weighted by Crippen LogP contribution is -2.24. The zero-order valence-electron chi connectivity index (χ0n) is 31.6. The summed E-state index contributed by atoms with van der Waals surface area (Å²) in [5.41, 5.74) is 16.2. The summed E-state index contributed by atoms with van der Waals surface area (Å²) in [6.07, 6.45) is 0. The Morgan fingerprint density at radius 1 is 0.310 bits per heavy atom. The van der Waals surface area contributed by atoms with Gasteiger partial charge in [-0.15, -0.1) is 0 Å². The lowest BCUT2D eigenvalue weighted by Gasteiger charge is -2.40. The van der Waals surface area contributed by atoms with Gasteiger partial charge in [0.05, 0.1) is 28.4 Å². The van der Waals surface area contributed by atoms with E-state index in [1.54, 1.807) is 0 Å². The van der Waals surface area contributed by atoms with E-state index >= 15 is 0 Å². The molecule has 0 N–H and O–H groups in total. The minimum Gasteiger partial charge on any atom is -0.454 e. The molecule has 11 rings (SSSR count). The highest BCUT2D eigenvalue weighted by molar-refractivity contribution is 6.12. The Morgan fingerprint density at radius 2 is 0.793 bits per heavy atom. The first-order valence-corrected chi connectivity index (χ1v) is 19.7. The standard InChI is InChI=1S/C54H37N3O/c1-4-15-38(16-5-1)39-27-32-44(33-28-39)55(42-17-6-2-7-18-42)45-34-29-40(30-35-45)41-31-36-50-52(37-41)56(43-19-8-3-9-20-43)48-23-11-12-24-49(48)57(50)51-25-14-22-47-46-21-10-13-26-53(46)58-54(47)51/h1-37H. The second-order valence-corrected chi connectivity index (χ2v) is 14.6. The number of nitrogens with zero attached hydrogens (tertiary/aromatic N) is 3. The number of anilines is 9. The smallest absolute Gasteiger partial charge is 0.159 e. The van der Waals surface area contributed by atoms with Crippen LogP contribution in [0.15, 0.2) is 229 Å². The van der Waals surface area contributed by atoms with Crippen LogP contribution in [-0.4, -0.2) is 0 Å². The first-order valence-electron chi connectivity index (χ1n) is 19.7. The Labute approximate surface area is 337 Å². The number of rotatable bonds is 7. The molecule has 0 spiro atoms. The van der Waals surface area contributed by atoms with Crippen molar-refractivity contribution in [1.29, 1.82) is 0 Å². The maximum Gasteiger partial charge on any atom is 0.159 e. The largest absolute Gasteiger partial charge is 0.454 e. The molecule has 0 radical (unpaired) electrons. The van der Waals surface area contributed by atoms with Crippen molar-refractivity contribution in [3.63, 3.8) is 0 Å². The van der Waals surface area contributed by atoms with Crippen LogP contribution in [-0.2, 0) is 0 Å². The van der Waals surface area contributed by atoms with Gasteiger partial charge in [0.25, 0.3) is 0 Å². The van der Waals surface area contributed by atoms with Crippen LogP contribution < -0.4 is 14.7 Å². The van der Waals surface area contributed by atoms with Gasteiger partial charge in [0.1, 0.15) is 5.58 Å². The highest BCUT2D eigenvalue weighted by Gasteiger charge is 2.32. The minimum absolute atomic E-state index is 0.870. The van der Waals surface area contributed by atoms with Crippen molar-refractivity contribution in [3.05, 3.63) is 224 Å². The van der Waals surface area contributed by atoms with Crippen molar-refractivity contribution in [2.75, 3.05) is 14.7 Å². The summed E-state index contributed by atoms with van der Waals surface area (Å²) in [6, 6.07) is 79.8. The van der Waals surface area contributed by atoms with Gasteiger partial charge >= 0.3 is 0 Å². The molecule has 9 aromatic carbocycles. The minimum atomic E-state index is 0.870. The second kappa shape index (κ2) is 14.0. The summed E-state index contributed by atoms with van der Waals surface area (Å²) < 4.78 is 6.63. The quantitative estimate of drug-likeness (QED) is 0.162. The third-order valence-electron chi connectivity index (χ3n) is 11.2. The maximum absolute atomic E-state index is 6.63. The van der Waals surface area contributed by atoms with E-state index in [0.717, 1.165) is 84.3 Å². The fraction of sp³-hybridized carbons (Fsp3) is 0. The van der Waals surface area contributed by atoms with E-state index in [-0.39, 0.29) is 0 Å². The predicted molar refractivity (Wildman–Crippen MR) is 242 cm³/mol. The van der Waals surface area contributed by atoms with Gasteiger partial charge in [-0.1, -0.05) is 140 Å². The summed E-state index contributed by atoms with van der Waals surface area (Å²) in [4.78, 5) is 7.06. The number of fused-ring (bicyclic) bond motifs is 5. The van der Waals surface area contributed by atoms with Crippen molar-refractivity contribution in [2.24, 2.45) is 0 Å². The van der Waals surface area contributed by atoms with E-state index in [4.69, 9.17) is 4.42 Å². The van der Waals surface area contributed by atoms with Crippen molar-refractivity contribution < 1.29 is 4.42 Å². The molecule has 0 bridgehead atoms. The third-order valence-corrected chi connectivity index (χ3v) is 11.2. The Balaban J connectivity index is 1.03. The van der Waals surface area contributed by atoms with Crippen LogP contribution in [0.4, 0.5) is 51.2 Å². The molecule has 4 nitrogen and oxygen atoms in total. The molecule has 0 saturated heterocycles. The molecule has 0 aliphatic carbocycles. The van der Waals surface area contributed by atoms with Gasteiger partial charge in [0.2, 0.25) is 0 Å². The van der Waals surface area contributed by atoms with Crippen molar-refractivity contribution in [1.82, 2.24) is 0 Å². The van der Waals surface area contributed by atoms with Crippen LogP contribution in [0, 0.1) is 0 Å². The zero-order chi connectivity index (χ0) is 38.4. The molecule has 58 heavy (non-hydrogen) atoms. The van der Waals surface area contributed by atoms with Crippen molar-refractivity contribution in [3.8, 4) is 22.3 Å². The molecule has 10 aromatic rings. The predicted octanol–water partition coefficient (Wildman–Crippen LogP) is 15.6. The number of hydrogen-bond donors (Lipinski definition) is 0. The van der Waals surface area contributed by atoms with Crippen LogP contribution in [0.3, 0.4) is 0 Å². The summed E-state index contributed by atoms with van der Waals surface area (Å²) in [5.74, 6) is 0. The molecular formula is C54H37N3O. The van der Waals surface area contributed by atoms with Crippen molar-refractivity contribution >= 4 is 73.1 Å². The molecule has 0 fully saturated rings. The lowest BCUT2D eigenvalue weighted by molar-refractivity contribution is 0.669. The fourth-order valence-corrected chi connectivity index (χ4v) is 8.46. The molecule has 0 saturated carbocycles. The van der Waals surface area contributed by atoms with Crippen LogP contribution in [0.5, 0.6) is 0 Å². The number of para-hydroxylation sites is 6. The van der Waals surface area contributed by atoms with Gasteiger partial charge in [0, 0.05) is 33.5 Å². The summed E-state index contributed by atoms with van der Waals surface area (Å²) >= 11 is 0. The molecule has 0 amide bonds. The summed E-state index contributed by atoms with van der Waals surface area (Å²) in [5, 5.41) is 2.22. The van der Waals surface area contributed by atoms with Gasteiger partial charge in [-0.25, -0.2) is 0 Å². The molecule has 1 aliphatic heterocycles. The second-order valence-electron chi connectivity index (χ2n) is 14.6. The Bertz CT molecular complexity index is 3050. The zero-order valence-corrected chi connectivity index (χ0v) is 31.6. The monoisotopic (exact) mass is 743 g/mol. The number of benzene rings is 9. The molecule has 0 unspecified atom stereocenters. The van der Waals surface area contributed by atoms with Crippen LogP contribution in [0.1, 0.15) is 0 Å². The molecular weight excluding hydrogens is 707 g/mol. The first-order chi connectivity index (χ1) is 28.8. The van der Waals surface area contributed by atoms with E-state index in [1.165, 1.54) is 11.1 Å². The van der Waals surface area contributed by atoms with E-state index < -0.39 is 0 Å². The number of hydrogen-bond acceptors (Lipinski definition) is 4.